The maximum absolute atomic E-state index is 5.97. The first-order valence-corrected chi connectivity index (χ1v) is 8.15. The molecule has 108 valence electrons. The van der Waals surface area contributed by atoms with Crippen LogP contribution in [0.15, 0.2) is 35.8 Å². The van der Waals surface area contributed by atoms with Gasteiger partial charge in [0.2, 0.25) is 0 Å². The molecular formula is C16H15ClN2OS. The molecule has 0 bridgehead atoms. The van der Waals surface area contributed by atoms with Gasteiger partial charge in [-0.2, -0.15) is 0 Å². The Morgan fingerprint density at radius 2 is 2.14 bits per heavy atom. The van der Waals surface area contributed by atoms with Crippen LogP contribution in [0, 0.1) is 6.92 Å². The minimum absolute atomic E-state index is 0.384. The third-order valence-corrected chi connectivity index (χ3v) is 4.57. The molecular weight excluding hydrogens is 304 g/mol. The van der Waals surface area contributed by atoms with Gasteiger partial charge in [-0.25, -0.2) is 4.98 Å². The van der Waals surface area contributed by atoms with Crippen molar-refractivity contribution in [2.75, 3.05) is 6.61 Å². The fourth-order valence-corrected chi connectivity index (χ4v) is 3.10. The molecule has 0 N–H and O–H groups in total. The van der Waals surface area contributed by atoms with Gasteiger partial charge in [-0.1, -0.05) is 12.1 Å². The summed E-state index contributed by atoms with van der Waals surface area (Å²) in [4.78, 5) is 10.0. The predicted molar refractivity (Wildman–Crippen MR) is 87.4 cm³/mol. The molecule has 2 heterocycles. The van der Waals surface area contributed by atoms with Crippen molar-refractivity contribution in [3.05, 3.63) is 52.1 Å². The lowest BCUT2D eigenvalue weighted by molar-refractivity contribution is 0.326. The van der Waals surface area contributed by atoms with Crippen LogP contribution in [0.4, 0.5) is 0 Å². The smallest absolute Gasteiger partial charge is 0.130 e. The molecule has 0 atom stereocenters. The summed E-state index contributed by atoms with van der Waals surface area (Å²) in [6, 6.07) is 9.89. The molecule has 0 saturated heterocycles. The Morgan fingerprint density at radius 1 is 1.29 bits per heavy atom. The van der Waals surface area contributed by atoms with Crippen LogP contribution < -0.4 is 4.74 Å². The lowest BCUT2D eigenvalue weighted by Crippen LogP contribution is -2.03. The maximum atomic E-state index is 5.97. The summed E-state index contributed by atoms with van der Waals surface area (Å²) in [5, 5.41) is 1.02. The van der Waals surface area contributed by atoms with E-state index in [1.54, 1.807) is 11.3 Å². The lowest BCUT2D eigenvalue weighted by atomic mass is 10.2. The van der Waals surface area contributed by atoms with Crippen LogP contribution >= 0.6 is 22.9 Å². The second-order valence-corrected chi connectivity index (χ2v) is 5.93. The summed E-state index contributed by atoms with van der Waals surface area (Å²) < 4.78 is 5.97. The van der Waals surface area contributed by atoms with E-state index in [1.807, 2.05) is 42.8 Å². The van der Waals surface area contributed by atoms with Crippen molar-refractivity contribution in [1.82, 2.24) is 9.97 Å². The molecule has 0 radical (unpaired) electrons. The quantitative estimate of drug-likeness (QED) is 0.656. The van der Waals surface area contributed by atoms with E-state index in [2.05, 4.69) is 9.97 Å². The number of nitrogens with zero attached hydrogens (tertiary/aromatic N) is 2. The van der Waals surface area contributed by atoms with Crippen molar-refractivity contribution in [2.45, 2.75) is 19.2 Å². The largest absolute Gasteiger partial charge is 0.492 e. The highest BCUT2D eigenvalue weighted by Gasteiger charge is 2.07. The Hall–Kier alpha value is -1.65. The number of fused-ring (bicyclic) bond motifs is 1. The summed E-state index contributed by atoms with van der Waals surface area (Å²) >= 11 is 7.58. The van der Waals surface area contributed by atoms with Crippen LogP contribution in [0.25, 0.3) is 10.9 Å². The fourth-order valence-electron chi connectivity index (χ4n) is 2.20. The number of aryl methyl sites for hydroxylation is 1. The summed E-state index contributed by atoms with van der Waals surface area (Å²) in [6.45, 7) is 2.65. The van der Waals surface area contributed by atoms with Gasteiger partial charge < -0.3 is 4.74 Å². The number of hydrogen-bond acceptors (Lipinski definition) is 4. The van der Waals surface area contributed by atoms with E-state index in [0.29, 0.717) is 12.5 Å². The van der Waals surface area contributed by atoms with Crippen molar-refractivity contribution in [2.24, 2.45) is 0 Å². The molecule has 1 aromatic carbocycles. The number of aromatic nitrogens is 2. The van der Waals surface area contributed by atoms with Crippen LogP contribution in [0.2, 0.25) is 0 Å². The summed E-state index contributed by atoms with van der Waals surface area (Å²) in [5.74, 6) is 1.23. The van der Waals surface area contributed by atoms with Gasteiger partial charge in [0.1, 0.15) is 5.75 Å². The zero-order valence-corrected chi connectivity index (χ0v) is 13.2. The van der Waals surface area contributed by atoms with Crippen LogP contribution in [0.1, 0.15) is 16.3 Å². The van der Waals surface area contributed by atoms with Crippen LogP contribution in [-0.2, 0) is 12.3 Å². The number of ether oxygens (including phenoxy) is 1. The molecule has 0 aliphatic rings. The number of benzene rings is 1. The SMILES string of the molecule is Cc1ncsc1CCOc1cc(CCl)nc2ccccc12. The van der Waals surface area contributed by atoms with Gasteiger partial charge in [0, 0.05) is 22.8 Å². The third-order valence-electron chi connectivity index (χ3n) is 3.30. The fraction of sp³-hybridized carbons (Fsp3) is 0.250. The van der Waals surface area contributed by atoms with Gasteiger partial charge in [0.25, 0.3) is 0 Å². The molecule has 5 heteroatoms. The standard InChI is InChI=1S/C16H15ClN2OS/c1-11-16(21-10-18-11)6-7-20-15-8-12(9-17)19-14-5-3-2-4-13(14)15/h2-5,8,10H,6-7,9H2,1H3. The minimum atomic E-state index is 0.384. The van der Waals surface area contributed by atoms with Crippen LogP contribution in [0.5, 0.6) is 5.75 Å². The molecule has 0 aliphatic heterocycles. The summed E-state index contributed by atoms with van der Waals surface area (Å²) in [6.07, 6.45) is 0.864. The van der Waals surface area contributed by atoms with Crippen LogP contribution in [0.3, 0.4) is 0 Å². The van der Waals surface area contributed by atoms with Crippen LogP contribution in [-0.4, -0.2) is 16.6 Å². The van der Waals surface area contributed by atoms with Crippen molar-refractivity contribution in [3.63, 3.8) is 0 Å². The average molecular weight is 319 g/mol. The van der Waals surface area contributed by atoms with Crippen molar-refractivity contribution in [1.29, 1.82) is 0 Å². The number of alkyl halides is 1. The average Bonchev–Trinajstić information content (AvgIpc) is 2.92. The molecule has 0 saturated carbocycles. The molecule has 0 amide bonds. The zero-order valence-electron chi connectivity index (χ0n) is 11.7. The highest BCUT2D eigenvalue weighted by atomic mass is 35.5. The Kier molecular flexibility index (Phi) is 4.36. The number of para-hydroxylation sites is 1. The van der Waals surface area contributed by atoms with E-state index in [0.717, 1.165) is 34.5 Å². The maximum Gasteiger partial charge on any atom is 0.130 e. The molecule has 3 rings (SSSR count). The van der Waals surface area contributed by atoms with Gasteiger partial charge in [0.15, 0.2) is 0 Å². The predicted octanol–water partition coefficient (Wildman–Crippen LogP) is 4.36. The first kappa shape index (κ1) is 14.3. The Balaban J connectivity index is 1.81. The number of rotatable bonds is 5. The van der Waals surface area contributed by atoms with Gasteiger partial charge in [-0.05, 0) is 19.1 Å². The molecule has 0 fully saturated rings. The monoisotopic (exact) mass is 318 g/mol. The third kappa shape index (κ3) is 3.17. The molecule has 0 spiro atoms. The normalized spacial score (nSPS) is 11.0. The first-order valence-electron chi connectivity index (χ1n) is 6.74. The highest BCUT2D eigenvalue weighted by molar-refractivity contribution is 7.09. The van der Waals surface area contributed by atoms with E-state index in [4.69, 9.17) is 16.3 Å². The number of halogens is 1. The minimum Gasteiger partial charge on any atom is -0.492 e. The first-order chi connectivity index (χ1) is 10.3. The molecule has 21 heavy (non-hydrogen) atoms. The van der Waals surface area contributed by atoms with Gasteiger partial charge in [-0.15, -0.1) is 22.9 Å². The lowest BCUT2D eigenvalue weighted by Gasteiger charge is -2.10. The van der Waals surface area contributed by atoms with Crippen molar-refractivity contribution in [3.8, 4) is 5.75 Å². The van der Waals surface area contributed by atoms with Gasteiger partial charge in [0.05, 0.1) is 34.9 Å². The summed E-state index contributed by atoms with van der Waals surface area (Å²) in [5.41, 5.74) is 4.71. The highest BCUT2D eigenvalue weighted by Crippen LogP contribution is 2.26. The van der Waals surface area contributed by atoms with Gasteiger partial charge >= 0.3 is 0 Å². The topological polar surface area (TPSA) is 35.0 Å². The Morgan fingerprint density at radius 3 is 2.90 bits per heavy atom. The number of thiazole rings is 1. The molecule has 0 unspecified atom stereocenters. The number of hydrogen-bond donors (Lipinski definition) is 0. The van der Waals surface area contributed by atoms with Crippen molar-refractivity contribution >= 4 is 33.8 Å². The number of pyridine rings is 1. The van der Waals surface area contributed by atoms with E-state index in [9.17, 15) is 0 Å². The van der Waals surface area contributed by atoms with E-state index < -0.39 is 0 Å². The Labute approximate surface area is 132 Å². The van der Waals surface area contributed by atoms with Crippen molar-refractivity contribution < 1.29 is 4.74 Å². The molecule has 3 aromatic rings. The van der Waals surface area contributed by atoms with E-state index in [-0.39, 0.29) is 0 Å². The van der Waals surface area contributed by atoms with Gasteiger partial charge in [-0.3, -0.25) is 4.98 Å². The molecule has 0 aliphatic carbocycles. The molecule has 2 aromatic heterocycles. The van der Waals surface area contributed by atoms with E-state index >= 15 is 0 Å². The zero-order chi connectivity index (χ0) is 14.7. The Bertz CT molecular complexity index is 757. The summed E-state index contributed by atoms with van der Waals surface area (Å²) in [7, 11) is 0. The van der Waals surface area contributed by atoms with E-state index in [1.165, 1.54) is 4.88 Å². The second kappa shape index (κ2) is 6.41. The second-order valence-electron chi connectivity index (χ2n) is 4.72. The molecule has 3 nitrogen and oxygen atoms in total.